The van der Waals surface area contributed by atoms with Crippen molar-refractivity contribution in [2.75, 3.05) is 12.4 Å². The molecular weight excluding hydrogens is 334 g/mol. The molecule has 0 radical (unpaired) electrons. The fourth-order valence-electron chi connectivity index (χ4n) is 2.91. The van der Waals surface area contributed by atoms with Crippen molar-refractivity contribution < 1.29 is 23.9 Å². The first-order valence-corrected chi connectivity index (χ1v) is 8.34. The molecular formula is C20H19NO5. The molecule has 1 unspecified atom stereocenters. The number of carbonyl (C=O) groups excluding carboxylic acids is 3. The summed E-state index contributed by atoms with van der Waals surface area (Å²) in [5, 5.41) is 2.66. The Labute approximate surface area is 151 Å². The minimum absolute atomic E-state index is 0.235. The lowest BCUT2D eigenvalue weighted by atomic mass is 9.95. The van der Waals surface area contributed by atoms with Crippen LogP contribution < -0.4 is 5.32 Å². The molecule has 0 spiro atoms. The van der Waals surface area contributed by atoms with E-state index in [9.17, 15) is 14.4 Å². The zero-order chi connectivity index (χ0) is 18.7. The monoisotopic (exact) mass is 353 g/mol. The summed E-state index contributed by atoms with van der Waals surface area (Å²) in [6.07, 6.45) is 0.181. The smallest absolute Gasteiger partial charge is 0.339 e. The molecule has 0 bridgehead atoms. The van der Waals surface area contributed by atoms with Gasteiger partial charge in [0, 0.05) is 6.42 Å². The number of hydrogen-bond donors (Lipinski definition) is 1. The van der Waals surface area contributed by atoms with E-state index < -0.39 is 23.9 Å². The van der Waals surface area contributed by atoms with Gasteiger partial charge in [-0.25, -0.2) is 9.59 Å². The van der Waals surface area contributed by atoms with Crippen molar-refractivity contribution >= 4 is 23.5 Å². The highest BCUT2D eigenvalue weighted by atomic mass is 16.5. The van der Waals surface area contributed by atoms with Gasteiger partial charge in [-0.05, 0) is 35.7 Å². The highest BCUT2D eigenvalue weighted by Gasteiger charge is 2.32. The average molecular weight is 353 g/mol. The Morgan fingerprint density at radius 2 is 2.00 bits per heavy atom. The molecule has 1 amide bonds. The van der Waals surface area contributed by atoms with Gasteiger partial charge in [-0.3, -0.25) is 4.79 Å². The largest absolute Gasteiger partial charge is 0.465 e. The van der Waals surface area contributed by atoms with Gasteiger partial charge < -0.3 is 14.8 Å². The number of esters is 2. The van der Waals surface area contributed by atoms with Crippen molar-refractivity contribution in [3.8, 4) is 0 Å². The Hall–Kier alpha value is -3.15. The first-order valence-electron chi connectivity index (χ1n) is 8.34. The summed E-state index contributed by atoms with van der Waals surface area (Å²) in [7, 11) is 1.27. The van der Waals surface area contributed by atoms with E-state index in [0.29, 0.717) is 17.7 Å². The molecule has 134 valence electrons. The van der Waals surface area contributed by atoms with Crippen molar-refractivity contribution in [3.63, 3.8) is 0 Å². The Bertz CT molecular complexity index is 874. The van der Waals surface area contributed by atoms with Crippen LogP contribution in [0.2, 0.25) is 0 Å². The summed E-state index contributed by atoms with van der Waals surface area (Å²) in [5.41, 5.74) is 2.92. The summed E-state index contributed by atoms with van der Waals surface area (Å²) < 4.78 is 10.00. The van der Waals surface area contributed by atoms with Gasteiger partial charge in [0.15, 0.2) is 6.10 Å². The molecule has 0 saturated carbocycles. The van der Waals surface area contributed by atoms with Crippen LogP contribution in [-0.2, 0) is 27.1 Å². The van der Waals surface area contributed by atoms with Crippen LogP contribution in [-0.4, -0.2) is 31.1 Å². The summed E-state index contributed by atoms with van der Waals surface area (Å²) in [6, 6.07) is 12.1. The van der Waals surface area contributed by atoms with E-state index in [1.165, 1.54) is 7.11 Å². The zero-order valence-electron chi connectivity index (χ0n) is 14.6. The number of aryl methyl sites for hydroxylation is 1. The molecule has 0 aliphatic carbocycles. The molecule has 1 heterocycles. The first kappa shape index (κ1) is 17.7. The number of benzene rings is 2. The number of cyclic esters (lactones) is 1. The maximum Gasteiger partial charge on any atom is 0.339 e. The Kier molecular flexibility index (Phi) is 5.02. The van der Waals surface area contributed by atoms with Crippen molar-refractivity contribution in [1.29, 1.82) is 0 Å². The highest BCUT2D eigenvalue weighted by molar-refractivity contribution is 6.04. The van der Waals surface area contributed by atoms with Crippen molar-refractivity contribution in [2.45, 2.75) is 25.9 Å². The average Bonchev–Trinajstić information content (AvgIpc) is 2.67. The number of rotatable bonds is 4. The van der Waals surface area contributed by atoms with Crippen LogP contribution in [0.3, 0.4) is 0 Å². The van der Waals surface area contributed by atoms with Gasteiger partial charge in [0.1, 0.15) is 0 Å². The van der Waals surface area contributed by atoms with E-state index >= 15 is 0 Å². The lowest BCUT2D eigenvalue weighted by Gasteiger charge is -2.24. The normalized spacial score (nSPS) is 15.6. The lowest BCUT2D eigenvalue weighted by Crippen LogP contribution is -2.38. The second-order valence-corrected chi connectivity index (χ2v) is 5.97. The quantitative estimate of drug-likeness (QED) is 0.855. The molecule has 26 heavy (non-hydrogen) atoms. The number of nitrogens with one attached hydrogen (secondary N) is 1. The fourth-order valence-corrected chi connectivity index (χ4v) is 2.91. The third-order valence-electron chi connectivity index (χ3n) is 4.34. The van der Waals surface area contributed by atoms with Gasteiger partial charge in [-0.1, -0.05) is 31.2 Å². The van der Waals surface area contributed by atoms with Gasteiger partial charge in [-0.2, -0.15) is 0 Å². The Morgan fingerprint density at radius 3 is 2.73 bits per heavy atom. The number of para-hydroxylation sites is 1. The summed E-state index contributed by atoms with van der Waals surface area (Å²) in [6.45, 7) is 2.02. The van der Waals surface area contributed by atoms with Crippen LogP contribution in [0, 0.1) is 0 Å². The molecule has 0 saturated heterocycles. The number of amides is 1. The number of ether oxygens (including phenoxy) is 2. The predicted octanol–water partition coefficient (Wildman–Crippen LogP) is 2.76. The van der Waals surface area contributed by atoms with Crippen LogP contribution in [0.15, 0.2) is 42.5 Å². The van der Waals surface area contributed by atoms with E-state index in [4.69, 9.17) is 9.47 Å². The maximum atomic E-state index is 12.6. The van der Waals surface area contributed by atoms with Crippen molar-refractivity contribution in [3.05, 3.63) is 64.7 Å². The minimum atomic E-state index is -0.951. The second-order valence-electron chi connectivity index (χ2n) is 5.97. The molecule has 1 N–H and O–H groups in total. The molecule has 6 nitrogen and oxygen atoms in total. The molecule has 2 aromatic carbocycles. The van der Waals surface area contributed by atoms with Crippen molar-refractivity contribution in [1.82, 2.24) is 0 Å². The summed E-state index contributed by atoms with van der Waals surface area (Å²) in [4.78, 5) is 36.6. The second kappa shape index (κ2) is 7.39. The predicted molar refractivity (Wildman–Crippen MR) is 95.1 cm³/mol. The van der Waals surface area contributed by atoms with Gasteiger partial charge in [-0.15, -0.1) is 0 Å². The fraction of sp³-hybridized carbons (Fsp3) is 0.250. The van der Waals surface area contributed by atoms with Gasteiger partial charge >= 0.3 is 11.9 Å². The number of hydrogen-bond acceptors (Lipinski definition) is 5. The summed E-state index contributed by atoms with van der Waals surface area (Å²) in [5.74, 6) is -1.56. The third kappa shape index (κ3) is 3.44. The third-order valence-corrected chi connectivity index (χ3v) is 4.34. The van der Waals surface area contributed by atoms with E-state index in [1.807, 2.05) is 19.1 Å². The van der Waals surface area contributed by atoms with Crippen LogP contribution in [0.5, 0.6) is 0 Å². The Morgan fingerprint density at radius 1 is 1.23 bits per heavy atom. The minimum Gasteiger partial charge on any atom is -0.465 e. The van der Waals surface area contributed by atoms with Crippen LogP contribution in [0.25, 0.3) is 0 Å². The maximum absolute atomic E-state index is 12.6. The molecule has 1 aliphatic rings. The van der Waals surface area contributed by atoms with Crippen LogP contribution in [0.4, 0.5) is 5.69 Å². The molecule has 3 rings (SSSR count). The Balaban J connectivity index is 1.81. The van der Waals surface area contributed by atoms with E-state index in [2.05, 4.69) is 5.32 Å². The SMILES string of the molecule is CCc1ccc2c(c1)CC(C(=O)Nc1ccccc1C(=O)OC)OC2=O. The standard InChI is InChI=1S/C20H19NO5/c1-3-12-8-9-14-13(10-12)11-17(26-20(14)24)18(22)21-16-7-5-4-6-15(16)19(23)25-2/h4-10,17H,3,11H2,1-2H3,(H,21,22). The molecule has 2 aromatic rings. The van der Waals surface area contributed by atoms with E-state index in [0.717, 1.165) is 17.5 Å². The highest BCUT2D eigenvalue weighted by Crippen LogP contribution is 2.24. The van der Waals surface area contributed by atoms with Crippen LogP contribution in [0.1, 0.15) is 38.8 Å². The number of carbonyl (C=O) groups is 3. The van der Waals surface area contributed by atoms with Gasteiger partial charge in [0.05, 0.1) is 23.9 Å². The van der Waals surface area contributed by atoms with E-state index in [-0.39, 0.29) is 5.56 Å². The first-order chi connectivity index (χ1) is 12.5. The van der Waals surface area contributed by atoms with Gasteiger partial charge in [0.2, 0.25) is 0 Å². The summed E-state index contributed by atoms with van der Waals surface area (Å²) >= 11 is 0. The molecule has 0 aromatic heterocycles. The van der Waals surface area contributed by atoms with Crippen molar-refractivity contribution in [2.24, 2.45) is 0 Å². The molecule has 1 aliphatic heterocycles. The van der Waals surface area contributed by atoms with Crippen LogP contribution >= 0.6 is 0 Å². The molecule has 1 atom stereocenters. The topological polar surface area (TPSA) is 81.7 Å². The molecule has 6 heteroatoms. The number of fused-ring (bicyclic) bond motifs is 1. The number of methoxy groups -OCH3 is 1. The lowest BCUT2D eigenvalue weighted by molar-refractivity contribution is -0.125. The van der Waals surface area contributed by atoms with E-state index in [1.54, 1.807) is 30.3 Å². The van der Waals surface area contributed by atoms with Gasteiger partial charge in [0.25, 0.3) is 5.91 Å². The molecule has 0 fully saturated rings. The number of anilines is 1. The zero-order valence-corrected chi connectivity index (χ0v) is 14.6.